The molecule has 2 N–H and O–H groups in total. The van der Waals surface area contributed by atoms with Crippen molar-refractivity contribution in [2.24, 2.45) is 14.1 Å². The second kappa shape index (κ2) is 7.61. The largest absolute Gasteiger partial charge is 0.478 e. The summed E-state index contributed by atoms with van der Waals surface area (Å²) in [6.07, 6.45) is 3.25. The Labute approximate surface area is 171 Å². The zero-order valence-corrected chi connectivity index (χ0v) is 16.8. The number of amides is 1. The lowest BCUT2D eigenvalue weighted by molar-refractivity contribution is -0.117. The van der Waals surface area contributed by atoms with Gasteiger partial charge in [-0.25, -0.2) is 9.37 Å². The van der Waals surface area contributed by atoms with Crippen LogP contribution in [0.1, 0.15) is 0 Å². The second-order valence-corrected chi connectivity index (χ2v) is 6.99. The third-order valence-corrected chi connectivity index (χ3v) is 4.83. The summed E-state index contributed by atoms with van der Waals surface area (Å²) in [7, 11) is 5.12. The summed E-state index contributed by atoms with van der Waals surface area (Å²) in [6, 6.07) is -0.670. The molecular formula is C18H22FN9O2. The Balaban J connectivity index is 1.69. The van der Waals surface area contributed by atoms with E-state index in [9.17, 15) is 9.18 Å². The van der Waals surface area contributed by atoms with Gasteiger partial charge in [-0.3, -0.25) is 9.48 Å². The van der Waals surface area contributed by atoms with Gasteiger partial charge in [0.1, 0.15) is 11.9 Å². The number of rotatable bonds is 6. The van der Waals surface area contributed by atoms with Crippen LogP contribution in [-0.2, 0) is 18.9 Å². The molecule has 11 nitrogen and oxygen atoms in total. The Morgan fingerprint density at radius 2 is 2.17 bits per heavy atom. The van der Waals surface area contributed by atoms with Crippen molar-refractivity contribution >= 4 is 34.5 Å². The minimum atomic E-state index is -1.26. The molecule has 1 fully saturated rings. The zero-order valence-electron chi connectivity index (χ0n) is 16.8. The molecule has 1 amide bonds. The Morgan fingerprint density at radius 1 is 1.37 bits per heavy atom. The lowest BCUT2D eigenvalue weighted by atomic mass is 10.2. The van der Waals surface area contributed by atoms with Crippen LogP contribution in [0.3, 0.4) is 0 Å². The van der Waals surface area contributed by atoms with Gasteiger partial charge in [-0.1, -0.05) is 6.58 Å². The monoisotopic (exact) mass is 415 g/mol. The highest BCUT2D eigenvalue weighted by Crippen LogP contribution is 2.30. The molecule has 0 unspecified atom stereocenters. The zero-order chi connectivity index (χ0) is 21.4. The Bertz CT molecular complexity index is 1110. The fourth-order valence-electron chi connectivity index (χ4n) is 3.36. The maximum absolute atomic E-state index is 14.5. The van der Waals surface area contributed by atoms with Gasteiger partial charge in [0.05, 0.1) is 32.2 Å². The fourth-order valence-corrected chi connectivity index (χ4v) is 3.36. The first kappa shape index (κ1) is 19.6. The van der Waals surface area contributed by atoms with Gasteiger partial charge in [0.25, 0.3) is 5.88 Å². The van der Waals surface area contributed by atoms with Gasteiger partial charge in [0.2, 0.25) is 11.9 Å². The number of alkyl halides is 1. The molecule has 158 valence electrons. The lowest BCUT2D eigenvalue weighted by Crippen LogP contribution is -2.40. The number of fused-ring (bicyclic) bond motifs is 1. The van der Waals surface area contributed by atoms with Crippen LogP contribution in [-0.4, -0.2) is 67.6 Å². The molecule has 1 aliphatic rings. The van der Waals surface area contributed by atoms with Crippen molar-refractivity contribution in [1.82, 2.24) is 34.6 Å². The Hall–Kier alpha value is -3.70. The number of nitrogens with zero attached hydrogens (tertiary/aromatic N) is 7. The van der Waals surface area contributed by atoms with Crippen LogP contribution in [0.5, 0.6) is 5.88 Å². The van der Waals surface area contributed by atoms with Gasteiger partial charge in [-0.2, -0.15) is 9.97 Å². The number of imidazole rings is 1. The first-order valence-corrected chi connectivity index (χ1v) is 9.25. The summed E-state index contributed by atoms with van der Waals surface area (Å²) in [5, 5.41) is 10.0. The fraction of sp³-hybridized carbons (Fsp3) is 0.389. The van der Waals surface area contributed by atoms with Gasteiger partial charge in [-0.05, 0) is 6.08 Å². The van der Waals surface area contributed by atoms with E-state index in [0.29, 0.717) is 34.5 Å². The van der Waals surface area contributed by atoms with E-state index >= 15 is 0 Å². The highest BCUT2D eigenvalue weighted by Gasteiger charge is 2.35. The summed E-state index contributed by atoms with van der Waals surface area (Å²) in [6.45, 7) is 3.69. The van der Waals surface area contributed by atoms with Crippen molar-refractivity contribution in [3.05, 3.63) is 25.2 Å². The molecule has 0 aliphatic carbocycles. The molecule has 2 atom stereocenters. The van der Waals surface area contributed by atoms with E-state index in [1.54, 1.807) is 33.7 Å². The number of hydrogen-bond acceptors (Lipinski definition) is 8. The topological polar surface area (TPSA) is 115 Å². The average Bonchev–Trinajstić information content (AvgIpc) is 3.39. The minimum absolute atomic E-state index is 0.0566. The third kappa shape index (κ3) is 3.51. The number of methoxy groups -OCH3 is 1. The molecule has 0 saturated carbocycles. The van der Waals surface area contributed by atoms with Crippen molar-refractivity contribution in [2.75, 3.05) is 30.4 Å². The smallest absolute Gasteiger partial charge is 0.256 e. The van der Waals surface area contributed by atoms with E-state index in [0.717, 1.165) is 6.08 Å². The van der Waals surface area contributed by atoms with Crippen LogP contribution >= 0.6 is 0 Å². The molecule has 1 saturated heterocycles. The van der Waals surface area contributed by atoms with E-state index in [4.69, 9.17) is 4.74 Å². The molecule has 4 rings (SSSR count). The van der Waals surface area contributed by atoms with E-state index in [1.165, 1.54) is 7.11 Å². The number of aromatic nitrogens is 6. The molecular weight excluding hydrogens is 393 g/mol. The van der Waals surface area contributed by atoms with Crippen LogP contribution in [0.2, 0.25) is 0 Å². The highest BCUT2D eigenvalue weighted by atomic mass is 19.1. The molecule has 0 aromatic carbocycles. The lowest BCUT2D eigenvalue weighted by Gasteiger charge is -2.17. The van der Waals surface area contributed by atoms with E-state index < -0.39 is 18.1 Å². The Kier molecular flexibility index (Phi) is 4.98. The van der Waals surface area contributed by atoms with Crippen molar-refractivity contribution in [1.29, 1.82) is 0 Å². The van der Waals surface area contributed by atoms with Crippen LogP contribution in [0.15, 0.2) is 25.2 Å². The van der Waals surface area contributed by atoms with Gasteiger partial charge in [-0.15, -0.1) is 5.10 Å². The standard InChI is InChI=1S/C18H22FN9O2/c1-5-13(29)21-11-8-28(6-10(11)19)18-23-15(14-16(24-18)26(2)9-20-14)22-12-7-27(3)25-17(12)30-4/h5,7,9-11H,1,6,8H2,2-4H3,(H,21,29)(H,22,23,24)/t10-,11-/m0/s1. The number of nitrogens with one attached hydrogen (secondary N) is 2. The van der Waals surface area contributed by atoms with Crippen LogP contribution in [0.4, 0.5) is 21.8 Å². The first-order chi connectivity index (χ1) is 14.4. The van der Waals surface area contributed by atoms with Crippen molar-refractivity contribution < 1.29 is 13.9 Å². The van der Waals surface area contributed by atoms with Crippen LogP contribution in [0.25, 0.3) is 11.2 Å². The van der Waals surface area contributed by atoms with E-state index in [2.05, 4.69) is 37.3 Å². The summed E-state index contributed by atoms with van der Waals surface area (Å²) in [4.78, 5) is 26.8. The van der Waals surface area contributed by atoms with E-state index in [1.807, 2.05) is 7.05 Å². The van der Waals surface area contributed by atoms with Crippen molar-refractivity contribution in [3.63, 3.8) is 0 Å². The molecule has 3 aromatic heterocycles. The molecule has 12 heteroatoms. The van der Waals surface area contributed by atoms with Crippen LogP contribution in [0, 0.1) is 0 Å². The normalized spacial score (nSPS) is 18.6. The number of carbonyl (C=O) groups excluding carboxylic acids is 1. The number of ether oxygens (including phenoxy) is 1. The second-order valence-electron chi connectivity index (χ2n) is 6.99. The quantitative estimate of drug-likeness (QED) is 0.565. The van der Waals surface area contributed by atoms with E-state index in [-0.39, 0.29) is 13.1 Å². The predicted molar refractivity (Wildman–Crippen MR) is 109 cm³/mol. The molecule has 4 heterocycles. The summed E-state index contributed by atoms with van der Waals surface area (Å²) < 4.78 is 23.2. The number of carbonyl (C=O) groups is 1. The van der Waals surface area contributed by atoms with Gasteiger partial charge in [0.15, 0.2) is 17.0 Å². The van der Waals surface area contributed by atoms with Gasteiger partial charge in [0, 0.05) is 20.6 Å². The third-order valence-electron chi connectivity index (χ3n) is 4.83. The van der Waals surface area contributed by atoms with Crippen molar-refractivity contribution in [2.45, 2.75) is 12.2 Å². The molecule has 30 heavy (non-hydrogen) atoms. The molecule has 3 aromatic rings. The molecule has 0 radical (unpaired) electrons. The predicted octanol–water partition coefficient (Wildman–Crippen LogP) is 0.678. The first-order valence-electron chi connectivity index (χ1n) is 9.25. The average molecular weight is 415 g/mol. The number of hydrogen-bond donors (Lipinski definition) is 2. The summed E-state index contributed by atoms with van der Waals surface area (Å²) in [5.41, 5.74) is 1.75. The maximum atomic E-state index is 14.5. The SMILES string of the molecule is C=CC(=O)N[C@H]1CN(c2nc(Nc3cn(C)nc3OC)c3ncn(C)c3n2)C[C@@H]1F. The van der Waals surface area contributed by atoms with Crippen molar-refractivity contribution in [3.8, 4) is 5.88 Å². The maximum Gasteiger partial charge on any atom is 0.256 e. The molecule has 0 spiro atoms. The summed E-state index contributed by atoms with van der Waals surface area (Å²) >= 11 is 0. The Morgan fingerprint density at radius 3 is 2.90 bits per heavy atom. The van der Waals surface area contributed by atoms with Gasteiger partial charge >= 0.3 is 0 Å². The number of anilines is 3. The van der Waals surface area contributed by atoms with Crippen LogP contribution < -0.4 is 20.3 Å². The van der Waals surface area contributed by atoms with Gasteiger partial charge < -0.3 is 24.8 Å². The number of aryl methyl sites for hydroxylation is 2. The highest BCUT2D eigenvalue weighted by molar-refractivity contribution is 5.88. The molecule has 0 bridgehead atoms. The summed E-state index contributed by atoms with van der Waals surface area (Å²) in [5.74, 6) is 0.753. The molecule has 1 aliphatic heterocycles. The minimum Gasteiger partial charge on any atom is -0.478 e. The number of halogens is 1.